The molecule has 0 aromatic heterocycles. The second kappa shape index (κ2) is 7.92. The third-order valence-electron chi connectivity index (χ3n) is 3.01. The van der Waals surface area contributed by atoms with Gasteiger partial charge in [0.25, 0.3) is 5.91 Å². The van der Waals surface area contributed by atoms with E-state index in [0.29, 0.717) is 17.0 Å². The Morgan fingerprint density at radius 2 is 1.58 bits per heavy atom. The van der Waals surface area contributed by atoms with Gasteiger partial charge in [-0.1, -0.05) is 0 Å². The molecule has 1 amide bonds. The molecule has 2 rings (SSSR count). The van der Waals surface area contributed by atoms with Gasteiger partial charge < -0.3 is 14.8 Å². The number of benzene rings is 2. The van der Waals surface area contributed by atoms with Crippen molar-refractivity contribution in [3.05, 3.63) is 54.1 Å². The lowest BCUT2D eigenvalue weighted by Crippen LogP contribution is -2.30. The van der Waals surface area contributed by atoms with Crippen molar-refractivity contribution in [1.82, 2.24) is 0 Å². The number of hydrogen-bond acceptors (Lipinski definition) is 4. The van der Waals surface area contributed by atoms with Crippen LogP contribution in [0.2, 0.25) is 0 Å². The molecule has 0 bridgehead atoms. The molecule has 0 heterocycles. The van der Waals surface area contributed by atoms with E-state index >= 15 is 0 Å². The number of ether oxygens (including phenoxy) is 2. The summed E-state index contributed by atoms with van der Waals surface area (Å²) in [7, 11) is 0. The zero-order chi connectivity index (χ0) is 17.5. The molecule has 0 fully saturated rings. The average Bonchev–Trinajstić information content (AvgIpc) is 2.56. The Kier molecular flexibility index (Phi) is 5.68. The fourth-order valence-electron chi connectivity index (χ4n) is 1.83. The van der Waals surface area contributed by atoms with Gasteiger partial charge in [0.05, 0.1) is 11.6 Å². The number of hydrogen-bond donors (Lipinski definition) is 1. The van der Waals surface area contributed by atoms with Gasteiger partial charge in [0, 0.05) is 5.69 Å². The van der Waals surface area contributed by atoms with Crippen molar-refractivity contribution in [1.29, 1.82) is 5.26 Å². The first-order valence-corrected chi connectivity index (χ1v) is 7.00. The minimum Gasteiger partial charge on any atom is -0.481 e. The monoisotopic (exact) mass is 332 g/mol. The summed E-state index contributed by atoms with van der Waals surface area (Å²) < 4.78 is 33.8. The molecule has 0 aliphatic rings. The second-order valence-electron chi connectivity index (χ2n) is 4.79. The van der Waals surface area contributed by atoms with Crippen LogP contribution in [-0.4, -0.2) is 18.6 Å². The minimum absolute atomic E-state index is 0.00452. The standard InChI is InChI=1S/C17H14F2N2O3/c1-11(23-14-6-2-12(10-20)3-7-14)16(22)21-13-4-8-15(9-5-13)24-17(18)19/h2-9,11,17H,1H3,(H,21,22)/t11-/m1/s1. The maximum Gasteiger partial charge on any atom is 0.387 e. The fraction of sp³-hybridized carbons (Fsp3) is 0.176. The van der Waals surface area contributed by atoms with Crippen LogP contribution in [0, 0.1) is 11.3 Å². The quantitative estimate of drug-likeness (QED) is 0.878. The predicted octanol–water partition coefficient (Wildman–Crippen LogP) is 3.57. The second-order valence-corrected chi connectivity index (χ2v) is 4.79. The van der Waals surface area contributed by atoms with Crippen LogP contribution >= 0.6 is 0 Å². The number of alkyl halides is 2. The van der Waals surface area contributed by atoms with Crippen LogP contribution in [0.1, 0.15) is 12.5 Å². The van der Waals surface area contributed by atoms with Crippen molar-refractivity contribution >= 4 is 11.6 Å². The zero-order valence-electron chi connectivity index (χ0n) is 12.7. The molecule has 5 nitrogen and oxygen atoms in total. The van der Waals surface area contributed by atoms with Crippen LogP contribution in [-0.2, 0) is 4.79 Å². The van der Waals surface area contributed by atoms with E-state index in [1.807, 2.05) is 6.07 Å². The first-order chi connectivity index (χ1) is 11.5. The molecule has 2 aromatic carbocycles. The van der Waals surface area contributed by atoms with Crippen LogP contribution < -0.4 is 14.8 Å². The van der Waals surface area contributed by atoms with Crippen LogP contribution in [0.3, 0.4) is 0 Å². The number of nitriles is 1. The Morgan fingerprint density at radius 3 is 2.12 bits per heavy atom. The van der Waals surface area contributed by atoms with Gasteiger partial charge in [0.2, 0.25) is 0 Å². The maximum atomic E-state index is 12.1. The lowest BCUT2D eigenvalue weighted by atomic mass is 10.2. The van der Waals surface area contributed by atoms with E-state index in [4.69, 9.17) is 10.00 Å². The van der Waals surface area contributed by atoms with E-state index in [0.717, 1.165) is 0 Å². The van der Waals surface area contributed by atoms with Gasteiger partial charge in [-0.15, -0.1) is 0 Å². The number of anilines is 1. The number of halogens is 2. The van der Waals surface area contributed by atoms with E-state index in [9.17, 15) is 13.6 Å². The summed E-state index contributed by atoms with van der Waals surface area (Å²) in [6.45, 7) is -1.33. The zero-order valence-corrected chi connectivity index (χ0v) is 12.7. The van der Waals surface area contributed by atoms with Crippen molar-refractivity contribution in [2.24, 2.45) is 0 Å². The number of rotatable bonds is 6. The molecule has 1 N–H and O–H groups in total. The number of carbonyl (C=O) groups is 1. The van der Waals surface area contributed by atoms with Crippen LogP contribution in [0.5, 0.6) is 11.5 Å². The van der Waals surface area contributed by atoms with E-state index in [1.165, 1.54) is 24.3 Å². The Hall–Kier alpha value is -3.14. The predicted molar refractivity (Wildman–Crippen MR) is 83.0 cm³/mol. The fourth-order valence-corrected chi connectivity index (χ4v) is 1.83. The highest BCUT2D eigenvalue weighted by atomic mass is 19.3. The Labute approximate surface area is 137 Å². The third kappa shape index (κ3) is 4.95. The lowest BCUT2D eigenvalue weighted by molar-refractivity contribution is -0.122. The van der Waals surface area contributed by atoms with Crippen molar-refractivity contribution in [3.63, 3.8) is 0 Å². The topological polar surface area (TPSA) is 71.3 Å². The molecule has 24 heavy (non-hydrogen) atoms. The third-order valence-corrected chi connectivity index (χ3v) is 3.01. The largest absolute Gasteiger partial charge is 0.481 e. The van der Waals surface area contributed by atoms with Gasteiger partial charge in [-0.3, -0.25) is 4.79 Å². The molecule has 7 heteroatoms. The Balaban J connectivity index is 1.92. The van der Waals surface area contributed by atoms with E-state index in [-0.39, 0.29) is 5.75 Å². The van der Waals surface area contributed by atoms with E-state index in [2.05, 4.69) is 10.1 Å². The summed E-state index contributed by atoms with van der Waals surface area (Å²) in [5.41, 5.74) is 0.919. The van der Waals surface area contributed by atoms with E-state index in [1.54, 1.807) is 31.2 Å². The first-order valence-electron chi connectivity index (χ1n) is 7.00. The summed E-state index contributed by atoms with van der Waals surface area (Å²) in [6.07, 6.45) is -0.782. The number of amides is 1. The molecule has 0 aliphatic heterocycles. The van der Waals surface area contributed by atoms with Crippen molar-refractivity contribution in [3.8, 4) is 17.6 Å². The minimum atomic E-state index is -2.90. The molecule has 1 atom stereocenters. The van der Waals surface area contributed by atoms with Gasteiger partial charge in [0.1, 0.15) is 11.5 Å². The van der Waals surface area contributed by atoms with Gasteiger partial charge in [-0.25, -0.2) is 0 Å². The molecule has 0 aliphatic carbocycles. The summed E-state index contributed by atoms with van der Waals surface area (Å²) in [4.78, 5) is 12.1. The number of nitrogens with zero attached hydrogens (tertiary/aromatic N) is 1. The molecular formula is C17H14F2N2O3. The molecule has 0 radical (unpaired) electrons. The smallest absolute Gasteiger partial charge is 0.387 e. The van der Waals surface area contributed by atoms with Crippen LogP contribution in [0.15, 0.2) is 48.5 Å². The van der Waals surface area contributed by atoms with Crippen molar-refractivity contribution < 1.29 is 23.0 Å². The van der Waals surface area contributed by atoms with Gasteiger partial charge in [-0.2, -0.15) is 14.0 Å². The molecular weight excluding hydrogens is 318 g/mol. The van der Waals surface area contributed by atoms with Crippen molar-refractivity contribution in [2.45, 2.75) is 19.6 Å². The van der Waals surface area contributed by atoms with Gasteiger partial charge >= 0.3 is 6.61 Å². The van der Waals surface area contributed by atoms with Crippen LogP contribution in [0.25, 0.3) is 0 Å². The van der Waals surface area contributed by atoms with Gasteiger partial charge in [0.15, 0.2) is 6.10 Å². The molecule has 0 saturated heterocycles. The molecule has 0 spiro atoms. The Bertz CT molecular complexity index is 725. The number of nitrogens with one attached hydrogen (secondary N) is 1. The lowest BCUT2D eigenvalue weighted by Gasteiger charge is -2.15. The van der Waals surface area contributed by atoms with E-state index < -0.39 is 18.6 Å². The average molecular weight is 332 g/mol. The highest BCUT2D eigenvalue weighted by Gasteiger charge is 2.15. The highest BCUT2D eigenvalue weighted by molar-refractivity contribution is 5.94. The van der Waals surface area contributed by atoms with Crippen LogP contribution in [0.4, 0.5) is 14.5 Å². The van der Waals surface area contributed by atoms with Gasteiger partial charge in [-0.05, 0) is 55.5 Å². The maximum absolute atomic E-state index is 12.1. The summed E-state index contributed by atoms with van der Waals surface area (Å²) >= 11 is 0. The Morgan fingerprint density at radius 1 is 1.04 bits per heavy atom. The SMILES string of the molecule is C[C@@H](Oc1ccc(C#N)cc1)C(=O)Nc1ccc(OC(F)F)cc1. The first kappa shape index (κ1) is 17.2. The normalized spacial score (nSPS) is 11.5. The van der Waals surface area contributed by atoms with Crippen molar-refractivity contribution in [2.75, 3.05) is 5.32 Å². The summed E-state index contributed by atoms with van der Waals surface area (Å²) in [6, 6.07) is 13.9. The highest BCUT2D eigenvalue weighted by Crippen LogP contribution is 2.18. The molecule has 0 unspecified atom stereocenters. The summed E-state index contributed by atoms with van der Waals surface area (Å²) in [5.74, 6) is 0.0594. The molecule has 2 aromatic rings. The molecule has 124 valence electrons. The summed E-state index contributed by atoms with van der Waals surface area (Å²) in [5, 5.41) is 11.3. The molecule has 0 saturated carbocycles. The number of carbonyl (C=O) groups excluding carboxylic acids is 1.